The summed E-state index contributed by atoms with van der Waals surface area (Å²) in [4.78, 5) is 24.4. The fourth-order valence-electron chi connectivity index (χ4n) is 4.18. The van der Waals surface area contributed by atoms with Crippen LogP contribution in [-0.2, 0) is 35.7 Å². The van der Waals surface area contributed by atoms with Gasteiger partial charge in [-0.2, -0.15) is 0 Å². The van der Waals surface area contributed by atoms with Crippen molar-refractivity contribution >= 4 is 22.6 Å². The van der Waals surface area contributed by atoms with E-state index in [1.165, 1.54) is 0 Å². The van der Waals surface area contributed by atoms with E-state index in [9.17, 15) is 9.59 Å². The van der Waals surface area contributed by atoms with Crippen LogP contribution in [0.4, 0.5) is 0 Å². The van der Waals surface area contributed by atoms with E-state index in [-0.39, 0.29) is 25.4 Å². The number of hydrogen-bond donors (Lipinski definition) is 2. The van der Waals surface area contributed by atoms with Crippen molar-refractivity contribution in [1.82, 2.24) is 5.32 Å². The standard InChI is InChI=1S/C30H29NO5/c1-35-20-25-8-3-5-12-28(25)36-19-21-13-14-23(15-16-29(32)33)27(17-21)30(34)31-18-24-10-6-9-22-7-2-4-11-26(22)24/h2-14,17H,15-16,18-20H2,1H3,(H,31,34)(H,32,33). The number of carboxylic acid groups (broad SMARTS) is 1. The van der Waals surface area contributed by atoms with Crippen LogP contribution in [-0.4, -0.2) is 24.1 Å². The van der Waals surface area contributed by atoms with Gasteiger partial charge in [0.15, 0.2) is 0 Å². The number of fused-ring (bicyclic) bond motifs is 1. The maximum absolute atomic E-state index is 13.3. The lowest BCUT2D eigenvalue weighted by molar-refractivity contribution is -0.136. The topological polar surface area (TPSA) is 84.9 Å². The molecule has 0 aromatic heterocycles. The number of carboxylic acids is 1. The molecule has 0 aliphatic rings. The zero-order chi connectivity index (χ0) is 25.3. The minimum atomic E-state index is -0.903. The molecule has 36 heavy (non-hydrogen) atoms. The lowest BCUT2D eigenvalue weighted by atomic mass is 9.99. The van der Waals surface area contributed by atoms with Gasteiger partial charge in [0, 0.05) is 31.2 Å². The first-order chi connectivity index (χ1) is 17.5. The number of carbonyl (C=O) groups excluding carboxylic acids is 1. The van der Waals surface area contributed by atoms with Crippen LogP contribution in [0, 0.1) is 0 Å². The Balaban J connectivity index is 1.53. The smallest absolute Gasteiger partial charge is 0.303 e. The number of carbonyl (C=O) groups is 2. The monoisotopic (exact) mass is 483 g/mol. The molecule has 0 saturated heterocycles. The predicted molar refractivity (Wildman–Crippen MR) is 139 cm³/mol. The molecule has 0 spiro atoms. The number of amides is 1. The molecule has 4 aromatic carbocycles. The van der Waals surface area contributed by atoms with Crippen LogP contribution < -0.4 is 10.1 Å². The number of methoxy groups -OCH3 is 1. The van der Waals surface area contributed by atoms with Gasteiger partial charge in [0.25, 0.3) is 5.91 Å². The number of aliphatic carboxylic acids is 1. The van der Waals surface area contributed by atoms with Gasteiger partial charge in [0.05, 0.1) is 6.61 Å². The summed E-state index contributed by atoms with van der Waals surface area (Å²) in [5, 5.41) is 14.4. The number of para-hydroxylation sites is 1. The Kier molecular flexibility index (Phi) is 8.32. The summed E-state index contributed by atoms with van der Waals surface area (Å²) in [5.41, 5.74) is 3.92. The fraction of sp³-hybridized carbons (Fsp3) is 0.200. The van der Waals surface area contributed by atoms with Crippen molar-refractivity contribution in [2.45, 2.75) is 32.6 Å². The molecule has 2 N–H and O–H groups in total. The molecule has 0 saturated carbocycles. The molecular weight excluding hydrogens is 454 g/mol. The second kappa shape index (κ2) is 12.0. The Morgan fingerprint density at radius 1 is 0.833 bits per heavy atom. The van der Waals surface area contributed by atoms with Crippen molar-refractivity contribution < 1.29 is 24.2 Å². The number of benzene rings is 4. The Morgan fingerprint density at radius 3 is 2.42 bits per heavy atom. The third-order valence-corrected chi connectivity index (χ3v) is 6.01. The van der Waals surface area contributed by atoms with Crippen molar-refractivity contribution in [3.05, 3.63) is 113 Å². The molecule has 0 radical (unpaired) electrons. The van der Waals surface area contributed by atoms with E-state index in [0.29, 0.717) is 24.3 Å². The molecular formula is C30H29NO5. The number of ether oxygens (including phenoxy) is 2. The molecule has 0 heterocycles. The SMILES string of the molecule is COCc1ccccc1OCc1ccc(CCC(=O)O)c(C(=O)NCc2cccc3ccccc23)c1. The summed E-state index contributed by atoms with van der Waals surface area (Å²) in [6.45, 7) is 1.07. The van der Waals surface area contributed by atoms with Crippen molar-refractivity contribution in [1.29, 1.82) is 0 Å². The van der Waals surface area contributed by atoms with Gasteiger partial charge in [-0.05, 0) is 46.0 Å². The van der Waals surface area contributed by atoms with Gasteiger partial charge in [-0.15, -0.1) is 0 Å². The summed E-state index contributed by atoms with van der Waals surface area (Å²) in [5.74, 6) is -0.430. The summed E-state index contributed by atoms with van der Waals surface area (Å²) in [7, 11) is 1.63. The van der Waals surface area contributed by atoms with Crippen LogP contribution in [0.5, 0.6) is 5.75 Å². The van der Waals surface area contributed by atoms with Crippen LogP contribution in [0.2, 0.25) is 0 Å². The molecule has 184 valence electrons. The van der Waals surface area contributed by atoms with Crippen LogP contribution >= 0.6 is 0 Å². The quantitative estimate of drug-likeness (QED) is 0.294. The van der Waals surface area contributed by atoms with Gasteiger partial charge >= 0.3 is 5.97 Å². The molecule has 0 fully saturated rings. The van der Waals surface area contributed by atoms with Gasteiger partial charge in [-0.3, -0.25) is 9.59 Å². The number of hydrogen-bond acceptors (Lipinski definition) is 4. The van der Waals surface area contributed by atoms with E-state index in [4.69, 9.17) is 14.6 Å². The molecule has 0 atom stereocenters. The minimum Gasteiger partial charge on any atom is -0.489 e. The molecule has 0 aliphatic carbocycles. The normalized spacial score (nSPS) is 10.8. The first-order valence-corrected chi connectivity index (χ1v) is 11.8. The Morgan fingerprint density at radius 2 is 1.58 bits per heavy atom. The summed E-state index contributed by atoms with van der Waals surface area (Å²) in [6, 6.07) is 27.2. The van der Waals surface area contributed by atoms with E-state index >= 15 is 0 Å². The minimum absolute atomic E-state index is 0.0517. The third kappa shape index (κ3) is 6.29. The van der Waals surface area contributed by atoms with Crippen LogP contribution in [0.3, 0.4) is 0 Å². The molecule has 0 aliphatic heterocycles. The van der Waals surface area contributed by atoms with E-state index < -0.39 is 5.97 Å². The van der Waals surface area contributed by atoms with Gasteiger partial charge in [0.1, 0.15) is 12.4 Å². The third-order valence-electron chi connectivity index (χ3n) is 6.01. The molecule has 6 nitrogen and oxygen atoms in total. The van der Waals surface area contributed by atoms with Crippen LogP contribution in [0.1, 0.15) is 39.0 Å². The fourth-order valence-corrected chi connectivity index (χ4v) is 4.18. The molecule has 6 heteroatoms. The highest BCUT2D eigenvalue weighted by molar-refractivity contribution is 5.96. The first kappa shape index (κ1) is 24.9. The van der Waals surface area contributed by atoms with Crippen LogP contribution in [0.15, 0.2) is 84.9 Å². The zero-order valence-corrected chi connectivity index (χ0v) is 20.2. The highest BCUT2D eigenvalue weighted by Gasteiger charge is 2.15. The van der Waals surface area contributed by atoms with E-state index in [1.807, 2.05) is 78.9 Å². The average Bonchev–Trinajstić information content (AvgIpc) is 2.90. The first-order valence-electron chi connectivity index (χ1n) is 11.8. The van der Waals surface area contributed by atoms with Crippen LogP contribution in [0.25, 0.3) is 10.8 Å². The number of aryl methyl sites for hydroxylation is 1. The Hall–Kier alpha value is -4.16. The largest absolute Gasteiger partial charge is 0.489 e. The Bertz CT molecular complexity index is 1360. The summed E-state index contributed by atoms with van der Waals surface area (Å²) < 4.78 is 11.3. The van der Waals surface area contributed by atoms with Gasteiger partial charge in [-0.1, -0.05) is 72.8 Å². The van der Waals surface area contributed by atoms with Gasteiger partial charge in [-0.25, -0.2) is 0 Å². The molecule has 0 unspecified atom stereocenters. The lowest BCUT2D eigenvalue weighted by Crippen LogP contribution is -2.24. The Labute approximate surface area is 210 Å². The molecule has 1 amide bonds. The van der Waals surface area contributed by atoms with Crippen molar-refractivity contribution in [3.63, 3.8) is 0 Å². The van der Waals surface area contributed by atoms with Crippen molar-refractivity contribution in [2.24, 2.45) is 0 Å². The lowest BCUT2D eigenvalue weighted by Gasteiger charge is -2.14. The van der Waals surface area contributed by atoms with Gasteiger partial charge < -0.3 is 19.9 Å². The number of nitrogens with one attached hydrogen (secondary N) is 1. The van der Waals surface area contributed by atoms with E-state index in [2.05, 4.69) is 5.32 Å². The maximum atomic E-state index is 13.3. The van der Waals surface area contributed by atoms with E-state index in [0.717, 1.165) is 33.2 Å². The zero-order valence-electron chi connectivity index (χ0n) is 20.2. The second-order valence-corrected chi connectivity index (χ2v) is 8.54. The maximum Gasteiger partial charge on any atom is 0.303 e. The average molecular weight is 484 g/mol. The second-order valence-electron chi connectivity index (χ2n) is 8.54. The summed E-state index contributed by atoms with van der Waals surface area (Å²) in [6.07, 6.45) is 0.216. The van der Waals surface area contributed by atoms with Crippen molar-refractivity contribution in [3.8, 4) is 5.75 Å². The summed E-state index contributed by atoms with van der Waals surface area (Å²) >= 11 is 0. The van der Waals surface area contributed by atoms with Crippen molar-refractivity contribution in [2.75, 3.05) is 7.11 Å². The van der Waals surface area contributed by atoms with Gasteiger partial charge in [0.2, 0.25) is 0 Å². The number of rotatable bonds is 11. The molecule has 4 rings (SSSR count). The highest BCUT2D eigenvalue weighted by atomic mass is 16.5. The molecule has 4 aromatic rings. The molecule has 0 bridgehead atoms. The van der Waals surface area contributed by atoms with E-state index in [1.54, 1.807) is 13.2 Å². The highest BCUT2D eigenvalue weighted by Crippen LogP contribution is 2.22. The predicted octanol–water partition coefficient (Wildman–Crippen LogP) is 5.51.